The first-order valence-electron chi connectivity index (χ1n) is 9.85. The van der Waals surface area contributed by atoms with E-state index in [0.29, 0.717) is 32.2 Å². The Morgan fingerprint density at radius 3 is 2.53 bits per heavy atom. The van der Waals surface area contributed by atoms with Crippen molar-refractivity contribution in [2.24, 2.45) is 0 Å². The van der Waals surface area contributed by atoms with E-state index in [4.69, 9.17) is 39.5 Å². The maximum absolute atomic E-state index is 11.9. The quantitative estimate of drug-likeness (QED) is 0.184. The third kappa shape index (κ3) is 6.33. The average Bonchev–Trinajstić information content (AvgIpc) is 3.27. The molecule has 0 aliphatic carbocycles. The lowest BCUT2D eigenvalue weighted by molar-refractivity contribution is -0.131. The van der Waals surface area contributed by atoms with E-state index in [2.05, 4.69) is 15.2 Å². The lowest BCUT2D eigenvalue weighted by Gasteiger charge is -2.09. The van der Waals surface area contributed by atoms with Crippen molar-refractivity contribution in [2.45, 2.75) is 11.8 Å². The number of benzene rings is 3. The van der Waals surface area contributed by atoms with Crippen LogP contribution >= 0.6 is 46.6 Å². The van der Waals surface area contributed by atoms with Gasteiger partial charge in [0, 0.05) is 26.2 Å². The van der Waals surface area contributed by atoms with Crippen LogP contribution in [0.4, 0.5) is 0 Å². The summed E-state index contributed by atoms with van der Waals surface area (Å²) in [5.41, 5.74) is 2.23. The van der Waals surface area contributed by atoms with E-state index < -0.39 is 5.97 Å². The van der Waals surface area contributed by atoms with E-state index >= 15 is 0 Å². The zero-order valence-corrected chi connectivity index (χ0v) is 20.4. The van der Waals surface area contributed by atoms with Crippen molar-refractivity contribution < 1.29 is 14.6 Å². The molecule has 6 nitrogen and oxygen atoms in total. The second kappa shape index (κ2) is 11.0. The molecule has 1 heterocycles. The van der Waals surface area contributed by atoms with Gasteiger partial charge in [-0.15, -0.1) is 5.10 Å². The number of aliphatic carboxylic acids is 1. The molecule has 0 bridgehead atoms. The predicted octanol–water partition coefficient (Wildman–Crippen LogP) is 7.23. The van der Waals surface area contributed by atoms with Crippen molar-refractivity contribution in [1.29, 1.82) is 0 Å². The average molecular weight is 533 g/mol. The van der Waals surface area contributed by atoms with Crippen molar-refractivity contribution in [1.82, 2.24) is 15.2 Å². The summed E-state index contributed by atoms with van der Waals surface area (Å²) >= 11 is 19.0. The molecule has 0 radical (unpaired) electrons. The first kappa shape index (κ1) is 24.2. The van der Waals surface area contributed by atoms with Crippen LogP contribution in [-0.4, -0.2) is 26.3 Å². The summed E-state index contributed by atoms with van der Waals surface area (Å²) in [7, 11) is 0. The van der Waals surface area contributed by atoms with Gasteiger partial charge in [0.15, 0.2) is 5.82 Å². The van der Waals surface area contributed by atoms with Gasteiger partial charge in [-0.1, -0.05) is 53.0 Å². The van der Waals surface area contributed by atoms with E-state index in [1.54, 1.807) is 66.7 Å². The van der Waals surface area contributed by atoms with Crippen LogP contribution in [0.15, 0.2) is 76.8 Å². The molecule has 0 spiro atoms. The van der Waals surface area contributed by atoms with E-state index in [9.17, 15) is 9.90 Å². The van der Waals surface area contributed by atoms with Crippen molar-refractivity contribution >= 4 is 58.6 Å². The summed E-state index contributed by atoms with van der Waals surface area (Å²) in [6.45, 7) is 0.244. The molecule has 0 fully saturated rings. The number of carboxylic acids is 1. The molecule has 1 aromatic heterocycles. The maximum atomic E-state index is 11.9. The molecule has 0 amide bonds. The normalized spacial score (nSPS) is 11.4. The third-order valence-electron chi connectivity index (χ3n) is 4.56. The van der Waals surface area contributed by atoms with Gasteiger partial charge in [-0.05, 0) is 71.9 Å². The number of H-pyrrole nitrogens is 1. The van der Waals surface area contributed by atoms with E-state index in [0.717, 1.165) is 22.9 Å². The molecule has 0 aliphatic heterocycles. The fourth-order valence-electron chi connectivity index (χ4n) is 2.91. The van der Waals surface area contributed by atoms with Gasteiger partial charge in [0.05, 0.1) is 0 Å². The zero-order valence-electron chi connectivity index (χ0n) is 17.3. The zero-order chi connectivity index (χ0) is 24.1. The third-order valence-corrected chi connectivity index (χ3v) is 6.28. The second-order valence-corrected chi connectivity index (χ2v) is 9.28. The molecule has 172 valence electrons. The fourth-order valence-corrected chi connectivity index (χ4v) is 4.20. The Bertz CT molecular complexity index is 1360. The first-order valence-corrected chi connectivity index (χ1v) is 11.8. The highest BCUT2D eigenvalue weighted by Crippen LogP contribution is 2.29. The lowest BCUT2D eigenvalue weighted by atomic mass is 10.2. The minimum Gasteiger partial charge on any atom is -0.489 e. The Balaban J connectivity index is 1.48. The van der Waals surface area contributed by atoms with E-state index in [1.807, 2.05) is 0 Å². The Kier molecular flexibility index (Phi) is 7.80. The van der Waals surface area contributed by atoms with Crippen molar-refractivity contribution in [2.75, 3.05) is 0 Å². The van der Waals surface area contributed by atoms with Gasteiger partial charge in [0.2, 0.25) is 5.16 Å². The van der Waals surface area contributed by atoms with Crippen LogP contribution in [0.3, 0.4) is 0 Å². The SMILES string of the molecule is O=C(O)/C(=C/c1cccc(OCc2ccc(Cl)cc2Cl)c1)Sc1n[nH]c(-c2ccc(Cl)cc2)n1. The summed E-state index contributed by atoms with van der Waals surface area (Å²) in [5, 5.41) is 18.6. The molecule has 0 aliphatic rings. The van der Waals surface area contributed by atoms with Crippen LogP contribution in [0.2, 0.25) is 15.1 Å². The number of aromatic amines is 1. The van der Waals surface area contributed by atoms with Crippen LogP contribution < -0.4 is 4.74 Å². The molecule has 3 aromatic carbocycles. The van der Waals surface area contributed by atoms with Crippen molar-refractivity contribution in [3.8, 4) is 17.1 Å². The molecule has 0 saturated carbocycles. The highest BCUT2D eigenvalue weighted by atomic mass is 35.5. The number of hydrogen-bond acceptors (Lipinski definition) is 5. The standard InChI is InChI=1S/C24H16Cl3N3O3S/c25-17-7-4-15(5-8-17)22-28-24(30-29-22)34-21(23(31)32)11-14-2-1-3-19(10-14)33-13-16-6-9-18(26)12-20(16)27/h1-12H,13H2,(H,31,32)(H,28,29,30)/b21-11-. The van der Waals surface area contributed by atoms with Crippen molar-refractivity contribution in [3.05, 3.63) is 97.8 Å². The van der Waals surface area contributed by atoms with Gasteiger partial charge in [0.1, 0.15) is 17.3 Å². The monoisotopic (exact) mass is 531 g/mol. The van der Waals surface area contributed by atoms with Gasteiger partial charge >= 0.3 is 5.97 Å². The molecule has 2 N–H and O–H groups in total. The van der Waals surface area contributed by atoms with Crippen LogP contribution in [0, 0.1) is 0 Å². The topological polar surface area (TPSA) is 88.1 Å². The van der Waals surface area contributed by atoms with Gasteiger partial charge in [-0.25, -0.2) is 9.78 Å². The van der Waals surface area contributed by atoms with Gasteiger partial charge in [-0.3, -0.25) is 5.10 Å². The molecular weight excluding hydrogens is 517 g/mol. The van der Waals surface area contributed by atoms with Gasteiger partial charge in [-0.2, -0.15) is 0 Å². The number of thioether (sulfide) groups is 1. The highest BCUT2D eigenvalue weighted by Gasteiger charge is 2.15. The molecule has 10 heteroatoms. The molecule has 0 atom stereocenters. The molecule has 4 rings (SSSR count). The van der Waals surface area contributed by atoms with E-state index in [1.165, 1.54) is 6.08 Å². The summed E-state index contributed by atoms with van der Waals surface area (Å²) < 4.78 is 5.82. The van der Waals surface area contributed by atoms with Crippen LogP contribution in [0.5, 0.6) is 5.75 Å². The number of hydrogen-bond donors (Lipinski definition) is 2. The fraction of sp³-hybridized carbons (Fsp3) is 0.0417. The number of nitrogens with zero attached hydrogens (tertiary/aromatic N) is 2. The molecule has 0 saturated heterocycles. The summed E-state index contributed by atoms with van der Waals surface area (Å²) in [5.74, 6) is -0.0142. The van der Waals surface area contributed by atoms with Gasteiger partial charge in [0.25, 0.3) is 0 Å². The summed E-state index contributed by atoms with van der Waals surface area (Å²) in [4.78, 5) is 16.3. The minimum atomic E-state index is -1.10. The minimum absolute atomic E-state index is 0.0551. The van der Waals surface area contributed by atoms with Crippen LogP contribution in [-0.2, 0) is 11.4 Å². The Labute approximate surface area is 214 Å². The van der Waals surface area contributed by atoms with Crippen LogP contribution in [0.1, 0.15) is 11.1 Å². The second-order valence-electron chi connectivity index (χ2n) is 6.99. The number of nitrogens with one attached hydrogen (secondary N) is 1. The molecule has 4 aromatic rings. The Hall–Kier alpha value is -2.97. The van der Waals surface area contributed by atoms with Gasteiger partial charge < -0.3 is 9.84 Å². The molecule has 34 heavy (non-hydrogen) atoms. The highest BCUT2D eigenvalue weighted by molar-refractivity contribution is 8.04. The Morgan fingerprint density at radius 2 is 1.79 bits per heavy atom. The maximum Gasteiger partial charge on any atom is 0.342 e. The molecular formula is C24H16Cl3N3O3S. The summed E-state index contributed by atoms with van der Waals surface area (Å²) in [6.07, 6.45) is 1.54. The van der Waals surface area contributed by atoms with E-state index in [-0.39, 0.29) is 16.7 Å². The first-order chi connectivity index (χ1) is 16.4. The lowest BCUT2D eigenvalue weighted by Crippen LogP contribution is -1.98. The number of halogens is 3. The smallest absolute Gasteiger partial charge is 0.342 e. The van der Waals surface area contributed by atoms with Crippen molar-refractivity contribution in [3.63, 3.8) is 0 Å². The number of carbonyl (C=O) groups is 1. The predicted molar refractivity (Wildman–Crippen MR) is 136 cm³/mol. The number of ether oxygens (including phenoxy) is 1. The summed E-state index contributed by atoms with van der Waals surface area (Å²) in [6, 6.07) is 19.3. The number of aromatic nitrogens is 3. The largest absolute Gasteiger partial charge is 0.489 e. The number of carboxylic acid groups (broad SMARTS) is 1. The van der Waals surface area contributed by atoms with Crippen LogP contribution in [0.25, 0.3) is 17.5 Å². The molecule has 0 unspecified atom stereocenters. The number of rotatable bonds is 8. The Morgan fingerprint density at radius 1 is 1.03 bits per heavy atom.